The summed E-state index contributed by atoms with van der Waals surface area (Å²) in [5.41, 5.74) is 9.25. The fraction of sp³-hybridized carbons (Fsp3) is 0.0769. The molecule has 0 bridgehead atoms. The van der Waals surface area contributed by atoms with Crippen molar-refractivity contribution in [2.24, 2.45) is 5.11 Å². The van der Waals surface area contributed by atoms with E-state index in [-0.39, 0.29) is 17.6 Å². The number of carboxylic acid groups (broad SMARTS) is 2. The number of nitrogens with zero attached hydrogens (tertiary/aromatic N) is 4. The largest absolute Gasteiger partial charge is 0.478 e. The second kappa shape index (κ2) is 5.81. The summed E-state index contributed by atoms with van der Waals surface area (Å²) in [4.78, 5) is 26.2. The summed E-state index contributed by atoms with van der Waals surface area (Å²) in [5, 5.41) is 21.5. The molecule has 0 saturated carbocycles. The van der Waals surface area contributed by atoms with E-state index in [0.717, 1.165) is 0 Å². The molecule has 0 radical (unpaired) electrons. The van der Waals surface area contributed by atoms with E-state index in [4.69, 9.17) is 15.7 Å². The van der Waals surface area contributed by atoms with Crippen LogP contribution in [0.2, 0.25) is 0 Å². The minimum absolute atomic E-state index is 0.0194. The molecule has 1 heterocycles. The summed E-state index contributed by atoms with van der Waals surface area (Å²) < 4.78 is 0. The Morgan fingerprint density at radius 2 is 1.62 bits per heavy atom. The van der Waals surface area contributed by atoms with Gasteiger partial charge in [0.05, 0.1) is 11.1 Å². The number of hydrogen-bond donors (Lipinski definition) is 2. The van der Waals surface area contributed by atoms with Crippen molar-refractivity contribution in [1.29, 1.82) is 0 Å². The van der Waals surface area contributed by atoms with Crippen molar-refractivity contribution in [3.05, 3.63) is 58.3 Å². The molecular formula is C13H10N4O4. The summed E-state index contributed by atoms with van der Waals surface area (Å²) >= 11 is 0. The van der Waals surface area contributed by atoms with Crippen LogP contribution < -0.4 is 4.90 Å². The highest BCUT2D eigenvalue weighted by Crippen LogP contribution is 2.26. The molecule has 0 unspecified atom stereocenters. The van der Waals surface area contributed by atoms with Gasteiger partial charge in [0.25, 0.3) is 0 Å². The lowest BCUT2D eigenvalue weighted by molar-refractivity contribution is -0.133. The molecule has 1 aromatic carbocycles. The van der Waals surface area contributed by atoms with Crippen LogP contribution in [0, 0.1) is 0 Å². The normalized spacial score (nSPS) is 13.8. The molecule has 8 nitrogen and oxygen atoms in total. The van der Waals surface area contributed by atoms with Crippen molar-refractivity contribution in [2.45, 2.75) is 6.42 Å². The van der Waals surface area contributed by atoms with Crippen LogP contribution in [-0.2, 0) is 9.59 Å². The monoisotopic (exact) mass is 286 g/mol. The van der Waals surface area contributed by atoms with Gasteiger partial charge in [0.15, 0.2) is 0 Å². The minimum Gasteiger partial charge on any atom is -0.478 e. The van der Waals surface area contributed by atoms with Gasteiger partial charge in [-0.2, -0.15) is 0 Å². The molecule has 8 heteroatoms. The van der Waals surface area contributed by atoms with E-state index in [1.54, 1.807) is 24.3 Å². The first-order valence-corrected chi connectivity index (χ1v) is 5.82. The average molecular weight is 286 g/mol. The SMILES string of the molecule is [N-]=[N+]=Nc1ccc(N2C=C(C(=O)O)CC(C(=O)O)=C2)cc1. The van der Waals surface area contributed by atoms with Gasteiger partial charge in [0.2, 0.25) is 0 Å². The summed E-state index contributed by atoms with van der Waals surface area (Å²) in [7, 11) is 0. The van der Waals surface area contributed by atoms with Crippen LogP contribution in [0.1, 0.15) is 6.42 Å². The van der Waals surface area contributed by atoms with Gasteiger partial charge in [0, 0.05) is 35.1 Å². The van der Waals surface area contributed by atoms with E-state index in [0.29, 0.717) is 11.4 Å². The molecule has 2 N–H and O–H groups in total. The number of benzene rings is 1. The summed E-state index contributed by atoms with van der Waals surface area (Å²) in [6, 6.07) is 6.29. The van der Waals surface area contributed by atoms with Gasteiger partial charge >= 0.3 is 11.9 Å². The van der Waals surface area contributed by atoms with E-state index in [9.17, 15) is 9.59 Å². The number of hydrogen-bond acceptors (Lipinski definition) is 4. The van der Waals surface area contributed by atoms with Gasteiger partial charge in [-0.15, -0.1) is 0 Å². The lowest BCUT2D eigenvalue weighted by Gasteiger charge is -2.22. The van der Waals surface area contributed by atoms with E-state index in [2.05, 4.69) is 10.0 Å². The quantitative estimate of drug-likeness (QED) is 0.499. The maximum absolute atomic E-state index is 11.1. The van der Waals surface area contributed by atoms with Crippen LogP contribution in [0.15, 0.2) is 52.9 Å². The predicted molar refractivity (Wildman–Crippen MR) is 73.8 cm³/mol. The number of carboxylic acids is 2. The molecule has 0 fully saturated rings. The smallest absolute Gasteiger partial charge is 0.333 e. The van der Waals surface area contributed by atoms with Gasteiger partial charge < -0.3 is 15.1 Å². The number of aliphatic carboxylic acids is 2. The number of carbonyl (C=O) groups is 2. The number of rotatable bonds is 4. The minimum atomic E-state index is -1.17. The first-order chi connectivity index (χ1) is 10.0. The molecule has 0 saturated heterocycles. The second-order valence-electron chi connectivity index (χ2n) is 4.21. The summed E-state index contributed by atoms with van der Waals surface area (Å²) in [5.74, 6) is -2.34. The highest BCUT2D eigenvalue weighted by Gasteiger charge is 2.21. The van der Waals surface area contributed by atoms with Crippen LogP contribution in [-0.4, -0.2) is 22.2 Å². The zero-order valence-corrected chi connectivity index (χ0v) is 10.7. The van der Waals surface area contributed by atoms with Crippen molar-refractivity contribution in [2.75, 3.05) is 4.90 Å². The third kappa shape index (κ3) is 3.20. The van der Waals surface area contributed by atoms with E-state index in [1.807, 2.05) is 0 Å². The number of anilines is 1. The molecule has 0 aliphatic carbocycles. The highest BCUT2D eigenvalue weighted by molar-refractivity contribution is 5.95. The third-order valence-electron chi connectivity index (χ3n) is 2.83. The van der Waals surface area contributed by atoms with E-state index >= 15 is 0 Å². The van der Waals surface area contributed by atoms with Crippen LogP contribution >= 0.6 is 0 Å². The molecule has 0 aromatic heterocycles. The third-order valence-corrected chi connectivity index (χ3v) is 2.83. The van der Waals surface area contributed by atoms with Gasteiger partial charge in [0.1, 0.15) is 0 Å². The first kappa shape index (κ1) is 14.2. The zero-order valence-electron chi connectivity index (χ0n) is 10.7. The average Bonchev–Trinajstić information content (AvgIpc) is 2.47. The van der Waals surface area contributed by atoms with Crippen molar-refractivity contribution in [3.8, 4) is 0 Å². The fourth-order valence-corrected chi connectivity index (χ4v) is 1.82. The Morgan fingerprint density at radius 3 is 2.05 bits per heavy atom. The maximum atomic E-state index is 11.1. The highest BCUT2D eigenvalue weighted by atomic mass is 16.4. The molecule has 2 rings (SSSR count). The molecule has 21 heavy (non-hydrogen) atoms. The zero-order chi connectivity index (χ0) is 15.4. The number of azide groups is 1. The van der Waals surface area contributed by atoms with Gasteiger partial charge in [-0.3, -0.25) is 0 Å². The van der Waals surface area contributed by atoms with E-state index in [1.165, 1.54) is 17.3 Å². The first-order valence-electron chi connectivity index (χ1n) is 5.82. The molecule has 1 aliphatic heterocycles. The van der Waals surface area contributed by atoms with Crippen molar-refractivity contribution in [1.82, 2.24) is 0 Å². The predicted octanol–water partition coefficient (Wildman–Crippen LogP) is 2.78. The van der Waals surface area contributed by atoms with Gasteiger partial charge in [-0.25, -0.2) is 9.59 Å². The Labute approximate surface area is 118 Å². The van der Waals surface area contributed by atoms with Gasteiger partial charge in [-0.05, 0) is 17.7 Å². The van der Waals surface area contributed by atoms with Crippen LogP contribution in [0.3, 0.4) is 0 Å². The standard InChI is InChI=1S/C13H10N4O4/c14-16-15-10-1-3-11(4-2-10)17-6-8(12(18)19)5-9(7-17)13(20)21/h1-4,6-7H,5H2,(H,18,19)(H,20,21). The molecular weight excluding hydrogens is 276 g/mol. The fourth-order valence-electron chi connectivity index (χ4n) is 1.82. The van der Waals surface area contributed by atoms with Crippen molar-refractivity contribution in [3.63, 3.8) is 0 Å². The maximum Gasteiger partial charge on any atom is 0.333 e. The summed E-state index contributed by atoms with van der Waals surface area (Å²) in [6.07, 6.45) is 2.58. The van der Waals surface area contributed by atoms with Crippen molar-refractivity contribution < 1.29 is 19.8 Å². The molecule has 0 amide bonds. The van der Waals surface area contributed by atoms with Crippen LogP contribution in [0.5, 0.6) is 0 Å². The Kier molecular flexibility index (Phi) is 3.92. The Balaban J connectivity index is 2.39. The molecule has 1 aliphatic rings. The Morgan fingerprint density at radius 1 is 1.10 bits per heavy atom. The van der Waals surface area contributed by atoms with Crippen LogP contribution in [0.25, 0.3) is 10.4 Å². The second-order valence-corrected chi connectivity index (χ2v) is 4.21. The Bertz CT molecular complexity index is 669. The molecule has 1 aromatic rings. The lowest BCUT2D eigenvalue weighted by atomic mass is 10.0. The summed E-state index contributed by atoms with van der Waals surface area (Å²) in [6.45, 7) is 0. The lowest BCUT2D eigenvalue weighted by Crippen LogP contribution is -2.20. The van der Waals surface area contributed by atoms with E-state index < -0.39 is 11.9 Å². The van der Waals surface area contributed by atoms with Crippen LogP contribution in [0.4, 0.5) is 11.4 Å². The molecule has 106 valence electrons. The molecule has 0 atom stereocenters. The molecule has 0 spiro atoms. The van der Waals surface area contributed by atoms with Gasteiger partial charge in [-0.1, -0.05) is 17.2 Å². The van der Waals surface area contributed by atoms with Crippen molar-refractivity contribution >= 4 is 23.3 Å². The Hall–Kier alpha value is -3.25. The topological polar surface area (TPSA) is 127 Å².